The number of aromatic nitrogens is 2. The molecule has 0 unspecified atom stereocenters. The van der Waals surface area contributed by atoms with Crippen LogP contribution in [0.5, 0.6) is 11.5 Å². The third-order valence-electron chi connectivity index (χ3n) is 3.14. The minimum atomic E-state index is -0.242. The number of amides is 1. The number of thiophene rings is 1. The zero-order valence-electron chi connectivity index (χ0n) is 12.0. The lowest BCUT2D eigenvalue weighted by Gasteiger charge is -2.11. The number of nitrogens with one attached hydrogen (secondary N) is 1. The third-order valence-corrected chi connectivity index (χ3v) is 4.05. The first-order valence-corrected chi connectivity index (χ1v) is 7.31. The fraction of sp³-hybridized carbons (Fsp3) is 0.133. The van der Waals surface area contributed by atoms with Gasteiger partial charge in [-0.15, -0.1) is 11.3 Å². The van der Waals surface area contributed by atoms with Crippen molar-refractivity contribution in [2.24, 2.45) is 0 Å². The Morgan fingerprint density at radius 3 is 2.91 bits per heavy atom. The van der Waals surface area contributed by atoms with Crippen LogP contribution < -0.4 is 14.8 Å². The maximum Gasteiger partial charge on any atom is 0.258 e. The zero-order chi connectivity index (χ0) is 15.5. The van der Waals surface area contributed by atoms with E-state index in [1.807, 2.05) is 0 Å². The van der Waals surface area contributed by atoms with Gasteiger partial charge in [-0.1, -0.05) is 0 Å². The van der Waals surface area contributed by atoms with E-state index in [2.05, 4.69) is 15.3 Å². The monoisotopic (exact) mass is 315 g/mol. The van der Waals surface area contributed by atoms with Crippen LogP contribution in [0.4, 0.5) is 5.69 Å². The van der Waals surface area contributed by atoms with Crippen LogP contribution in [0.2, 0.25) is 0 Å². The Bertz CT molecular complexity index is 832. The lowest BCUT2D eigenvalue weighted by atomic mass is 10.2. The average molecular weight is 315 g/mol. The third kappa shape index (κ3) is 2.58. The molecule has 0 aliphatic heterocycles. The van der Waals surface area contributed by atoms with E-state index in [0.29, 0.717) is 28.3 Å². The molecule has 7 heteroatoms. The molecule has 0 saturated heterocycles. The van der Waals surface area contributed by atoms with Gasteiger partial charge in [0.2, 0.25) is 0 Å². The molecule has 1 aromatic carbocycles. The minimum Gasteiger partial charge on any atom is -0.497 e. The number of methoxy groups -OCH3 is 2. The first-order chi connectivity index (χ1) is 10.7. The molecule has 0 spiro atoms. The second kappa shape index (κ2) is 5.98. The van der Waals surface area contributed by atoms with Gasteiger partial charge in [0.15, 0.2) is 0 Å². The van der Waals surface area contributed by atoms with Gasteiger partial charge in [-0.05, 0) is 12.1 Å². The molecule has 2 aromatic heterocycles. The highest BCUT2D eigenvalue weighted by atomic mass is 32.1. The van der Waals surface area contributed by atoms with Gasteiger partial charge >= 0.3 is 0 Å². The lowest BCUT2D eigenvalue weighted by molar-refractivity contribution is 0.102. The quantitative estimate of drug-likeness (QED) is 0.801. The topological polar surface area (TPSA) is 73.3 Å². The molecule has 1 amide bonds. The first kappa shape index (κ1) is 14.3. The van der Waals surface area contributed by atoms with Gasteiger partial charge in [-0.3, -0.25) is 4.79 Å². The van der Waals surface area contributed by atoms with Crippen LogP contribution in [0, 0.1) is 0 Å². The number of fused-ring (bicyclic) bond motifs is 1. The van der Waals surface area contributed by atoms with Crippen molar-refractivity contribution in [1.82, 2.24) is 9.97 Å². The van der Waals surface area contributed by atoms with Crippen molar-refractivity contribution in [2.75, 3.05) is 19.5 Å². The van der Waals surface area contributed by atoms with E-state index in [4.69, 9.17) is 9.47 Å². The fourth-order valence-corrected chi connectivity index (χ4v) is 2.90. The predicted molar refractivity (Wildman–Crippen MR) is 84.9 cm³/mol. The van der Waals surface area contributed by atoms with Crippen molar-refractivity contribution in [3.8, 4) is 11.5 Å². The Morgan fingerprint density at radius 1 is 1.27 bits per heavy atom. The summed E-state index contributed by atoms with van der Waals surface area (Å²) in [5.41, 5.74) is 1.73. The maximum absolute atomic E-state index is 12.5. The second-order valence-electron chi connectivity index (χ2n) is 4.41. The van der Waals surface area contributed by atoms with Crippen molar-refractivity contribution in [2.45, 2.75) is 0 Å². The average Bonchev–Trinajstić information content (AvgIpc) is 2.99. The Morgan fingerprint density at radius 2 is 2.14 bits per heavy atom. The molecule has 112 valence electrons. The van der Waals surface area contributed by atoms with E-state index < -0.39 is 0 Å². The summed E-state index contributed by atoms with van der Waals surface area (Å²) >= 11 is 1.43. The van der Waals surface area contributed by atoms with Crippen LogP contribution in [0.15, 0.2) is 36.1 Å². The number of nitrogens with zero attached hydrogens (tertiary/aromatic N) is 2. The lowest BCUT2D eigenvalue weighted by Crippen LogP contribution is -2.12. The van der Waals surface area contributed by atoms with Crippen LogP contribution in [0.3, 0.4) is 0 Å². The Balaban J connectivity index is 1.91. The van der Waals surface area contributed by atoms with Gasteiger partial charge < -0.3 is 14.8 Å². The molecule has 22 heavy (non-hydrogen) atoms. The zero-order valence-corrected chi connectivity index (χ0v) is 12.8. The van der Waals surface area contributed by atoms with Crippen molar-refractivity contribution >= 4 is 33.1 Å². The molecule has 0 aliphatic carbocycles. The highest BCUT2D eigenvalue weighted by Crippen LogP contribution is 2.30. The highest BCUT2D eigenvalue weighted by Gasteiger charge is 2.15. The number of hydrogen-bond donors (Lipinski definition) is 1. The summed E-state index contributed by atoms with van der Waals surface area (Å²) in [6.07, 6.45) is 3.12. The fourth-order valence-electron chi connectivity index (χ4n) is 2.04. The Hall–Kier alpha value is -2.67. The molecular weight excluding hydrogens is 302 g/mol. The molecule has 0 saturated carbocycles. The van der Waals surface area contributed by atoms with Crippen LogP contribution in [-0.2, 0) is 0 Å². The van der Waals surface area contributed by atoms with E-state index in [-0.39, 0.29) is 5.91 Å². The number of ether oxygens (including phenoxy) is 2. The van der Waals surface area contributed by atoms with E-state index in [0.717, 1.165) is 4.70 Å². The number of carbonyl (C=O) groups is 1. The number of rotatable bonds is 4. The number of hydrogen-bond acceptors (Lipinski definition) is 6. The molecule has 0 fully saturated rings. The summed E-state index contributed by atoms with van der Waals surface area (Å²) in [4.78, 5) is 20.6. The number of anilines is 1. The van der Waals surface area contributed by atoms with Gasteiger partial charge in [0.1, 0.15) is 17.8 Å². The van der Waals surface area contributed by atoms with Crippen LogP contribution >= 0.6 is 11.3 Å². The van der Waals surface area contributed by atoms with Gasteiger partial charge in [0.05, 0.1) is 35.7 Å². The summed E-state index contributed by atoms with van der Waals surface area (Å²) in [7, 11) is 3.11. The van der Waals surface area contributed by atoms with E-state index in [9.17, 15) is 4.79 Å². The van der Waals surface area contributed by atoms with E-state index >= 15 is 0 Å². The summed E-state index contributed by atoms with van der Waals surface area (Å²) in [5, 5.41) is 4.60. The molecule has 2 heterocycles. The largest absolute Gasteiger partial charge is 0.497 e. The van der Waals surface area contributed by atoms with Crippen molar-refractivity contribution in [1.29, 1.82) is 0 Å². The molecule has 1 N–H and O–H groups in total. The molecule has 6 nitrogen and oxygen atoms in total. The van der Waals surface area contributed by atoms with Crippen LogP contribution in [-0.4, -0.2) is 30.1 Å². The van der Waals surface area contributed by atoms with Crippen molar-refractivity contribution in [3.05, 3.63) is 41.7 Å². The van der Waals surface area contributed by atoms with Crippen molar-refractivity contribution in [3.63, 3.8) is 0 Å². The summed E-state index contributed by atoms with van der Waals surface area (Å²) in [5.74, 6) is 0.943. The highest BCUT2D eigenvalue weighted by molar-refractivity contribution is 7.17. The first-order valence-electron chi connectivity index (χ1n) is 6.43. The van der Waals surface area contributed by atoms with Gasteiger partial charge in [0, 0.05) is 17.6 Å². The molecule has 0 radical (unpaired) electrons. The Kier molecular flexibility index (Phi) is 3.88. The van der Waals surface area contributed by atoms with Gasteiger partial charge in [0.25, 0.3) is 5.91 Å². The van der Waals surface area contributed by atoms with Crippen molar-refractivity contribution < 1.29 is 14.3 Å². The van der Waals surface area contributed by atoms with Crippen LogP contribution in [0.1, 0.15) is 10.4 Å². The molecule has 3 aromatic rings. The van der Waals surface area contributed by atoms with Gasteiger partial charge in [-0.2, -0.15) is 0 Å². The van der Waals surface area contributed by atoms with E-state index in [1.54, 1.807) is 36.9 Å². The smallest absolute Gasteiger partial charge is 0.258 e. The van der Waals surface area contributed by atoms with E-state index in [1.165, 1.54) is 24.8 Å². The summed E-state index contributed by atoms with van der Waals surface area (Å²) in [6.45, 7) is 0. The van der Waals surface area contributed by atoms with Gasteiger partial charge in [-0.25, -0.2) is 9.97 Å². The summed E-state index contributed by atoms with van der Waals surface area (Å²) < 4.78 is 11.3. The Labute approximate surface area is 130 Å². The number of carbonyl (C=O) groups excluding carboxylic acids is 1. The molecule has 3 rings (SSSR count). The molecule has 0 atom stereocenters. The second-order valence-corrected chi connectivity index (χ2v) is 5.32. The number of benzene rings is 1. The maximum atomic E-state index is 12.5. The standard InChI is InChI=1S/C15H13N3O3S/c1-20-9-3-4-11(12(5-9)21-2)18-15(19)10-7-22-13-6-16-8-17-14(10)13/h3-8H,1-2H3,(H,18,19). The minimum absolute atomic E-state index is 0.242. The summed E-state index contributed by atoms with van der Waals surface area (Å²) in [6, 6.07) is 5.20. The molecular formula is C15H13N3O3S. The molecule has 0 bridgehead atoms. The van der Waals surface area contributed by atoms with Crippen LogP contribution in [0.25, 0.3) is 10.2 Å². The normalized spacial score (nSPS) is 10.5. The predicted octanol–water partition coefficient (Wildman–Crippen LogP) is 2.96. The molecule has 0 aliphatic rings. The SMILES string of the molecule is COc1ccc(NC(=O)c2csc3cncnc23)c(OC)c1.